The van der Waals surface area contributed by atoms with E-state index in [-0.39, 0.29) is 29.6 Å². The number of ether oxygens (including phenoxy) is 2. The molecule has 5 rings (SSSR count). The number of carbonyl (C=O) groups is 3. The van der Waals surface area contributed by atoms with Gasteiger partial charge in [0.1, 0.15) is 19.1 Å². The van der Waals surface area contributed by atoms with Crippen molar-refractivity contribution in [3.63, 3.8) is 0 Å². The minimum atomic E-state index is -0.699. The SMILES string of the molecule is Cc1c(CCN2CCC(N(C)C(=O)C3C=CC4=COCC4C3=O)CC2)ccc2c1COC2=O. The van der Waals surface area contributed by atoms with E-state index in [9.17, 15) is 14.4 Å². The molecule has 2 atom stereocenters. The van der Waals surface area contributed by atoms with Gasteiger partial charge in [-0.25, -0.2) is 4.79 Å². The van der Waals surface area contributed by atoms with Crippen molar-refractivity contribution in [3.05, 3.63) is 58.4 Å². The third-order valence-corrected chi connectivity index (χ3v) is 7.71. The Bertz CT molecular complexity index is 1050. The number of Topliss-reactive ketones (excluding diaryl/α,β-unsaturated/α-hetero) is 1. The Labute approximate surface area is 194 Å². The smallest absolute Gasteiger partial charge is 0.338 e. The second-order valence-electron chi connectivity index (χ2n) is 9.47. The van der Waals surface area contributed by atoms with Crippen LogP contribution in [0.2, 0.25) is 0 Å². The highest BCUT2D eigenvalue weighted by atomic mass is 16.5. The molecule has 0 N–H and O–H groups in total. The number of amides is 1. The van der Waals surface area contributed by atoms with Gasteiger partial charge < -0.3 is 19.3 Å². The molecule has 2 unspecified atom stereocenters. The molecule has 3 aliphatic heterocycles. The van der Waals surface area contributed by atoms with Crippen LogP contribution in [-0.4, -0.2) is 66.8 Å². The van der Waals surface area contributed by atoms with Gasteiger partial charge in [-0.3, -0.25) is 9.59 Å². The lowest BCUT2D eigenvalue weighted by atomic mass is 9.82. The summed E-state index contributed by atoms with van der Waals surface area (Å²) in [5.41, 5.74) is 5.01. The number of benzene rings is 1. The molecule has 1 aromatic rings. The molecule has 1 aromatic carbocycles. The Kier molecular flexibility index (Phi) is 5.83. The highest BCUT2D eigenvalue weighted by molar-refractivity contribution is 6.06. The predicted octanol–water partition coefficient (Wildman–Crippen LogP) is 2.42. The topological polar surface area (TPSA) is 76.2 Å². The van der Waals surface area contributed by atoms with Crippen molar-refractivity contribution in [2.75, 3.05) is 33.3 Å². The fourth-order valence-electron chi connectivity index (χ4n) is 5.42. The molecule has 33 heavy (non-hydrogen) atoms. The van der Waals surface area contributed by atoms with Crippen LogP contribution in [0.5, 0.6) is 0 Å². The highest BCUT2D eigenvalue weighted by Gasteiger charge is 2.40. The van der Waals surface area contributed by atoms with Crippen LogP contribution in [0.15, 0.2) is 36.1 Å². The molecule has 0 bridgehead atoms. The number of esters is 1. The van der Waals surface area contributed by atoms with Gasteiger partial charge in [0.05, 0.1) is 17.7 Å². The van der Waals surface area contributed by atoms with E-state index in [0.717, 1.165) is 55.6 Å². The summed E-state index contributed by atoms with van der Waals surface area (Å²) >= 11 is 0. The quantitative estimate of drug-likeness (QED) is 0.507. The first-order chi connectivity index (χ1) is 15.9. The summed E-state index contributed by atoms with van der Waals surface area (Å²) in [5, 5.41) is 0. The maximum atomic E-state index is 13.1. The third-order valence-electron chi connectivity index (χ3n) is 7.71. The molecule has 7 heteroatoms. The largest absolute Gasteiger partial charge is 0.500 e. The maximum absolute atomic E-state index is 13.1. The van der Waals surface area contributed by atoms with Gasteiger partial charge in [-0.05, 0) is 43.4 Å². The number of hydrogen-bond acceptors (Lipinski definition) is 6. The molecular formula is C26H30N2O5. The minimum Gasteiger partial charge on any atom is -0.500 e. The zero-order valence-electron chi connectivity index (χ0n) is 19.2. The molecule has 0 radical (unpaired) electrons. The van der Waals surface area contributed by atoms with Crippen LogP contribution < -0.4 is 0 Å². The first-order valence-corrected chi connectivity index (χ1v) is 11.7. The van der Waals surface area contributed by atoms with Gasteiger partial charge in [-0.2, -0.15) is 0 Å². The molecule has 1 saturated heterocycles. The van der Waals surface area contributed by atoms with E-state index in [4.69, 9.17) is 9.47 Å². The number of rotatable bonds is 5. The lowest BCUT2D eigenvalue weighted by molar-refractivity contribution is -0.141. The fraction of sp³-hybridized carbons (Fsp3) is 0.500. The summed E-state index contributed by atoms with van der Waals surface area (Å²) in [6.07, 6.45) is 7.93. The van der Waals surface area contributed by atoms with Crippen LogP contribution in [0.1, 0.15) is 39.9 Å². The van der Waals surface area contributed by atoms with Gasteiger partial charge >= 0.3 is 5.97 Å². The van der Waals surface area contributed by atoms with E-state index in [1.807, 2.05) is 25.3 Å². The number of allylic oxidation sites excluding steroid dienone is 1. The summed E-state index contributed by atoms with van der Waals surface area (Å²) in [5.74, 6) is -1.38. The Hall–Kier alpha value is -2.93. The van der Waals surface area contributed by atoms with Crippen LogP contribution >= 0.6 is 0 Å². The van der Waals surface area contributed by atoms with Crippen LogP contribution in [0.3, 0.4) is 0 Å². The van der Waals surface area contributed by atoms with Gasteiger partial charge in [-0.1, -0.05) is 18.2 Å². The molecule has 4 aliphatic rings. The first-order valence-electron chi connectivity index (χ1n) is 11.7. The van der Waals surface area contributed by atoms with Crippen molar-refractivity contribution in [1.29, 1.82) is 0 Å². The number of piperidine rings is 1. The number of cyclic esters (lactones) is 1. The molecule has 7 nitrogen and oxygen atoms in total. The maximum Gasteiger partial charge on any atom is 0.338 e. The summed E-state index contributed by atoms with van der Waals surface area (Å²) in [7, 11) is 1.83. The molecule has 0 saturated carbocycles. The molecule has 1 amide bonds. The molecule has 174 valence electrons. The van der Waals surface area contributed by atoms with Crippen LogP contribution in [-0.2, 0) is 32.1 Å². The number of ketones is 1. The highest BCUT2D eigenvalue weighted by Crippen LogP contribution is 2.31. The number of hydrogen-bond donors (Lipinski definition) is 0. The van der Waals surface area contributed by atoms with Crippen molar-refractivity contribution < 1.29 is 23.9 Å². The van der Waals surface area contributed by atoms with E-state index in [2.05, 4.69) is 11.8 Å². The van der Waals surface area contributed by atoms with Crippen LogP contribution in [0, 0.1) is 18.8 Å². The Morgan fingerprint density at radius 3 is 2.79 bits per heavy atom. The van der Waals surface area contributed by atoms with Crippen LogP contribution in [0.4, 0.5) is 0 Å². The van der Waals surface area contributed by atoms with Crippen molar-refractivity contribution >= 4 is 17.7 Å². The molecule has 1 aliphatic carbocycles. The number of fused-ring (bicyclic) bond motifs is 2. The second-order valence-corrected chi connectivity index (χ2v) is 9.47. The van der Waals surface area contributed by atoms with Crippen molar-refractivity contribution in [3.8, 4) is 0 Å². The first kappa shape index (κ1) is 21.9. The number of nitrogens with zero attached hydrogens (tertiary/aromatic N) is 2. The number of likely N-dealkylation sites (tertiary alicyclic amines) is 1. The Morgan fingerprint density at radius 1 is 1.21 bits per heavy atom. The van der Waals surface area contributed by atoms with Gasteiger partial charge in [0.15, 0.2) is 5.78 Å². The lowest BCUT2D eigenvalue weighted by Crippen LogP contribution is -2.49. The fourth-order valence-corrected chi connectivity index (χ4v) is 5.42. The predicted molar refractivity (Wildman–Crippen MR) is 121 cm³/mol. The van der Waals surface area contributed by atoms with E-state index in [1.165, 1.54) is 5.56 Å². The normalized spacial score (nSPS) is 24.7. The lowest BCUT2D eigenvalue weighted by Gasteiger charge is -2.38. The summed E-state index contributed by atoms with van der Waals surface area (Å²) < 4.78 is 10.4. The number of carbonyl (C=O) groups excluding carboxylic acids is 3. The van der Waals surface area contributed by atoms with Crippen molar-refractivity contribution in [2.45, 2.75) is 38.8 Å². The molecular weight excluding hydrogens is 420 g/mol. The zero-order valence-corrected chi connectivity index (χ0v) is 19.2. The average molecular weight is 451 g/mol. The molecule has 0 spiro atoms. The summed E-state index contributed by atoms with van der Waals surface area (Å²) in [4.78, 5) is 41.8. The van der Waals surface area contributed by atoms with Gasteiger partial charge in [0.25, 0.3) is 0 Å². The van der Waals surface area contributed by atoms with Gasteiger partial charge in [-0.15, -0.1) is 0 Å². The Balaban J connectivity index is 1.14. The van der Waals surface area contributed by atoms with E-state index in [1.54, 1.807) is 17.2 Å². The third kappa shape index (κ3) is 3.99. The van der Waals surface area contributed by atoms with E-state index >= 15 is 0 Å². The van der Waals surface area contributed by atoms with Crippen molar-refractivity contribution in [1.82, 2.24) is 9.80 Å². The summed E-state index contributed by atoms with van der Waals surface area (Å²) in [6, 6.07) is 4.08. The average Bonchev–Trinajstić information content (AvgIpc) is 3.46. The summed E-state index contributed by atoms with van der Waals surface area (Å²) in [6.45, 7) is 5.58. The Morgan fingerprint density at radius 2 is 2.00 bits per heavy atom. The van der Waals surface area contributed by atoms with E-state index in [0.29, 0.717) is 18.8 Å². The monoisotopic (exact) mass is 450 g/mol. The van der Waals surface area contributed by atoms with Gasteiger partial charge in [0, 0.05) is 43.9 Å². The van der Waals surface area contributed by atoms with E-state index < -0.39 is 5.92 Å². The van der Waals surface area contributed by atoms with Crippen LogP contribution in [0.25, 0.3) is 0 Å². The zero-order chi connectivity index (χ0) is 23.1. The molecule has 3 heterocycles. The van der Waals surface area contributed by atoms with Crippen molar-refractivity contribution in [2.24, 2.45) is 11.8 Å². The minimum absolute atomic E-state index is 0.0487. The molecule has 0 aromatic heterocycles. The standard InChI is InChI=1S/C26H30N2O5/c1-16-17(3-5-20-22(16)15-33-26(20)31)7-10-28-11-8-19(9-12-28)27(2)25(30)21-6-4-18-13-32-14-23(18)24(21)29/h3-6,13,19,21,23H,7-12,14-15H2,1-2H3. The molecule has 1 fully saturated rings. The van der Waals surface area contributed by atoms with Gasteiger partial charge in [0.2, 0.25) is 5.91 Å². The second kappa shape index (κ2) is 8.78.